The molecule has 0 saturated carbocycles. The third-order valence-electron chi connectivity index (χ3n) is 3.95. The molecular weight excluding hydrogens is 389 g/mol. The summed E-state index contributed by atoms with van der Waals surface area (Å²) in [6.45, 7) is 0. The van der Waals surface area contributed by atoms with Gasteiger partial charge in [0.15, 0.2) is 11.5 Å². The Morgan fingerprint density at radius 2 is 1.33 bits per heavy atom. The van der Waals surface area contributed by atoms with Gasteiger partial charge >= 0.3 is 0 Å². The fourth-order valence-corrected chi connectivity index (χ4v) is 3.08. The molecule has 0 spiro atoms. The molecule has 0 bridgehead atoms. The standard InChI is InChI=1S/C19H17Cl2N3O3/c1-25-13-9-15(27-3)14(26-2)8-12(13)18-16(21)17(23-19(22)24-18)10-4-6-11(20)7-5-10/h4-9H,1-3H3,(H2,22,23,24). The molecular formula is C19H17Cl2N3O3. The SMILES string of the molecule is COc1cc(OC)c(-c2nc(N)nc(-c3ccc(Cl)cc3)c2Cl)cc1OC. The average molecular weight is 406 g/mol. The number of hydrogen-bond acceptors (Lipinski definition) is 6. The predicted octanol–water partition coefficient (Wildman–Crippen LogP) is 4.73. The molecule has 3 aromatic rings. The van der Waals surface area contributed by atoms with Crippen molar-refractivity contribution in [2.24, 2.45) is 0 Å². The van der Waals surface area contributed by atoms with Crippen LogP contribution in [0, 0.1) is 0 Å². The van der Waals surface area contributed by atoms with Gasteiger partial charge in [-0.1, -0.05) is 35.3 Å². The molecule has 140 valence electrons. The summed E-state index contributed by atoms with van der Waals surface area (Å²) in [7, 11) is 4.64. The molecule has 0 fully saturated rings. The zero-order valence-electron chi connectivity index (χ0n) is 14.9. The van der Waals surface area contributed by atoms with Gasteiger partial charge in [-0.15, -0.1) is 0 Å². The summed E-state index contributed by atoms with van der Waals surface area (Å²) < 4.78 is 16.2. The number of anilines is 1. The minimum atomic E-state index is 0.0798. The lowest BCUT2D eigenvalue weighted by Crippen LogP contribution is -2.02. The Balaban J connectivity index is 2.25. The van der Waals surface area contributed by atoms with Crippen LogP contribution >= 0.6 is 23.2 Å². The Morgan fingerprint density at radius 1 is 0.778 bits per heavy atom. The van der Waals surface area contributed by atoms with Crippen LogP contribution in [0.3, 0.4) is 0 Å². The van der Waals surface area contributed by atoms with Crippen LogP contribution in [-0.4, -0.2) is 31.3 Å². The molecule has 0 aliphatic heterocycles. The fraction of sp³-hybridized carbons (Fsp3) is 0.158. The van der Waals surface area contributed by atoms with Crippen LogP contribution in [0.1, 0.15) is 0 Å². The monoisotopic (exact) mass is 405 g/mol. The Hall–Kier alpha value is -2.70. The largest absolute Gasteiger partial charge is 0.496 e. The molecule has 1 heterocycles. The molecule has 0 radical (unpaired) electrons. The molecule has 27 heavy (non-hydrogen) atoms. The number of methoxy groups -OCH3 is 3. The average Bonchev–Trinajstić information content (AvgIpc) is 2.69. The van der Waals surface area contributed by atoms with Crippen molar-refractivity contribution in [1.82, 2.24) is 9.97 Å². The van der Waals surface area contributed by atoms with Gasteiger partial charge in [0.1, 0.15) is 5.75 Å². The zero-order valence-corrected chi connectivity index (χ0v) is 16.4. The van der Waals surface area contributed by atoms with Gasteiger partial charge in [0.2, 0.25) is 5.95 Å². The van der Waals surface area contributed by atoms with E-state index >= 15 is 0 Å². The second-order valence-corrected chi connectivity index (χ2v) is 6.32. The first kappa shape index (κ1) is 19.1. The number of nitrogen functional groups attached to an aromatic ring is 1. The van der Waals surface area contributed by atoms with Gasteiger partial charge in [0.05, 0.1) is 37.7 Å². The predicted molar refractivity (Wildman–Crippen MR) is 107 cm³/mol. The van der Waals surface area contributed by atoms with Gasteiger partial charge in [0, 0.05) is 22.2 Å². The highest BCUT2D eigenvalue weighted by atomic mass is 35.5. The molecule has 0 unspecified atom stereocenters. The van der Waals surface area contributed by atoms with Crippen molar-refractivity contribution in [3.8, 4) is 39.8 Å². The van der Waals surface area contributed by atoms with E-state index in [1.165, 1.54) is 0 Å². The van der Waals surface area contributed by atoms with Crippen molar-refractivity contribution >= 4 is 29.2 Å². The maximum Gasteiger partial charge on any atom is 0.221 e. The summed E-state index contributed by atoms with van der Waals surface area (Å²) in [5.41, 5.74) is 8.23. The fourth-order valence-electron chi connectivity index (χ4n) is 2.66. The third-order valence-corrected chi connectivity index (χ3v) is 4.56. The highest BCUT2D eigenvalue weighted by Crippen LogP contribution is 2.43. The third kappa shape index (κ3) is 3.72. The highest BCUT2D eigenvalue weighted by Gasteiger charge is 2.20. The summed E-state index contributed by atoms with van der Waals surface area (Å²) in [6.07, 6.45) is 0. The maximum absolute atomic E-state index is 6.65. The van der Waals surface area contributed by atoms with E-state index in [1.807, 2.05) is 12.1 Å². The highest BCUT2D eigenvalue weighted by molar-refractivity contribution is 6.35. The van der Waals surface area contributed by atoms with E-state index in [4.69, 9.17) is 43.1 Å². The van der Waals surface area contributed by atoms with E-state index in [0.717, 1.165) is 5.56 Å². The number of aromatic nitrogens is 2. The molecule has 2 N–H and O–H groups in total. The summed E-state index contributed by atoms with van der Waals surface area (Å²) in [5.74, 6) is 1.62. The van der Waals surface area contributed by atoms with E-state index in [-0.39, 0.29) is 5.95 Å². The topological polar surface area (TPSA) is 79.5 Å². The first-order valence-electron chi connectivity index (χ1n) is 7.87. The first-order chi connectivity index (χ1) is 13.0. The van der Waals surface area contributed by atoms with Gasteiger partial charge in [-0.3, -0.25) is 0 Å². The maximum atomic E-state index is 6.65. The molecule has 6 nitrogen and oxygen atoms in total. The lowest BCUT2D eigenvalue weighted by atomic mass is 10.1. The van der Waals surface area contributed by atoms with Crippen LogP contribution < -0.4 is 19.9 Å². The van der Waals surface area contributed by atoms with Gasteiger partial charge in [0.25, 0.3) is 0 Å². The van der Waals surface area contributed by atoms with Crippen molar-refractivity contribution < 1.29 is 14.2 Å². The number of nitrogens with zero attached hydrogens (tertiary/aromatic N) is 2. The van der Waals surface area contributed by atoms with Crippen molar-refractivity contribution in [3.63, 3.8) is 0 Å². The van der Waals surface area contributed by atoms with Crippen molar-refractivity contribution in [1.29, 1.82) is 0 Å². The second-order valence-electron chi connectivity index (χ2n) is 5.51. The van der Waals surface area contributed by atoms with Crippen LogP contribution in [0.2, 0.25) is 10.0 Å². The molecule has 8 heteroatoms. The van der Waals surface area contributed by atoms with Crippen LogP contribution in [0.15, 0.2) is 36.4 Å². The van der Waals surface area contributed by atoms with Gasteiger partial charge < -0.3 is 19.9 Å². The first-order valence-corrected chi connectivity index (χ1v) is 8.63. The Morgan fingerprint density at radius 3 is 1.93 bits per heavy atom. The van der Waals surface area contributed by atoms with E-state index < -0.39 is 0 Å². The lowest BCUT2D eigenvalue weighted by molar-refractivity contribution is 0.349. The molecule has 0 aliphatic carbocycles. The molecule has 3 rings (SSSR count). The number of ether oxygens (including phenoxy) is 3. The van der Waals surface area contributed by atoms with Crippen LogP contribution in [-0.2, 0) is 0 Å². The second kappa shape index (κ2) is 7.90. The van der Waals surface area contributed by atoms with Gasteiger partial charge in [-0.25, -0.2) is 9.97 Å². The summed E-state index contributed by atoms with van der Waals surface area (Å²) in [5, 5.41) is 0.940. The van der Waals surface area contributed by atoms with Crippen LogP contribution in [0.25, 0.3) is 22.5 Å². The van der Waals surface area contributed by atoms with Gasteiger partial charge in [-0.05, 0) is 18.2 Å². The lowest BCUT2D eigenvalue weighted by Gasteiger charge is -2.16. The summed E-state index contributed by atoms with van der Waals surface area (Å²) in [6, 6.07) is 10.6. The molecule has 0 saturated heterocycles. The van der Waals surface area contributed by atoms with Crippen molar-refractivity contribution in [2.75, 3.05) is 27.1 Å². The van der Waals surface area contributed by atoms with Crippen LogP contribution in [0.4, 0.5) is 5.95 Å². The van der Waals surface area contributed by atoms with E-state index in [0.29, 0.717) is 44.2 Å². The number of rotatable bonds is 5. The number of benzene rings is 2. The van der Waals surface area contributed by atoms with Crippen molar-refractivity contribution in [2.45, 2.75) is 0 Å². The number of hydrogen-bond donors (Lipinski definition) is 1. The van der Waals surface area contributed by atoms with Crippen LogP contribution in [0.5, 0.6) is 17.2 Å². The smallest absolute Gasteiger partial charge is 0.221 e. The minimum Gasteiger partial charge on any atom is -0.496 e. The Labute approximate surface area is 166 Å². The summed E-state index contributed by atoms with van der Waals surface area (Å²) in [4.78, 5) is 8.60. The van der Waals surface area contributed by atoms with Gasteiger partial charge in [-0.2, -0.15) is 0 Å². The molecule has 2 aromatic carbocycles. The van der Waals surface area contributed by atoms with E-state index in [1.54, 1.807) is 45.6 Å². The van der Waals surface area contributed by atoms with Crippen molar-refractivity contribution in [3.05, 3.63) is 46.4 Å². The molecule has 1 aromatic heterocycles. The Bertz CT molecular complexity index is 979. The van der Waals surface area contributed by atoms with E-state index in [2.05, 4.69) is 9.97 Å². The molecule has 0 atom stereocenters. The zero-order chi connectivity index (χ0) is 19.6. The minimum absolute atomic E-state index is 0.0798. The number of nitrogens with two attached hydrogens (primary N) is 1. The molecule has 0 amide bonds. The molecule has 0 aliphatic rings. The number of halogens is 2. The summed E-state index contributed by atoms with van der Waals surface area (Å²) >= 11 is 12.6. The van der Waals surface area contributed by atoms with E-state index in [9.17, 15) is 0 Å². The quantitative estimate of drug-likeness (QED) is 0.660. The Kier molecular flexibility index (Phi) is 5.58. The normalized spacial score (nSPS) is 10.6.